The van der Waals surface area contributed by atoms with Crippen LogP contribution in [0.25, 0.3) is 6.08 Å². The molecule has 2 aromatic rings. The molecule has 0 bridgehead atoms. The van der Waals surface area contributed by atoms with Crippen LogP contribution >= 0.6 is 0 Å². The Bertz CT molecular complexity index is 826. The molecule has 6 heteroatoms. The lowest BCUT2D eigenvalue weighted by molar-refractivity contribution is 0.104. The topological polar surface area (TPSA) is 83.5 Å². The summed E-state index contributed by atoms with van der Waals surface area (Å²) in [4.78, 5) is 12.1. The second kappa shape index (κ2) is 6.55. The van der Waals surface area contributed by atoms with E-state index >= 15 is 0 Å². The third-order valence-electron chi connectivity index (χ3n) is 2.99. The number of carbonyl (C=O) groups excluding carboxylic acids is 1. The van der Waals surface area contributed by atoms with Crippen LogP contribution in [0.3, 0.4) is 0 Å². The van der Waals surface area contributed by atoms with Crippen molar-refractivity contribution in [3.8, 4) is 5.75 Å². The van der Waals surface area contributed by atoms with Gasteiger partial charge in [-0.15, -0.1) is 0 Å². The lowest BCUT2D eigenvalue weighted by atomic mass is 10.1. The minimum atomic E-state index is -3.59. The summed E-state index contributed by atoms with van der Waals surface area (Å²) >= 11 is 0. The Hall–Kier alpha value is -2.44. The number of nitrogens with one attached hydrogen (secondary N) is 1. The number of benzene rings is 2. The number of phenols is 1. The monoisotopic (exact) mass is 317 g/mol. The SMILES string of the molecule is CNS(=O)(=O)c1cccc(C(=O)C=Cc2cccc(O)c2)c1. The smallest absolute Gasteiger partial charge is 0.240 e. The van der Waals surface area contributed by atoms with Gasteiger partial charge in [0.1, 0.15) is 5.75 Å². The van der Waals surface area contributed by atoms with E-state index in [4.69, 9.17) is 0 Å². The van der Waals surface area contributed by atoms with Crippen LogP contribution in [0.5, 0.6) is 5.75 Å². The number of sulfonamides is 1. The van der Waals surface area contributed by atoms with Crippen molar-refractivity contribution >= 4 is 21.9 Å². The Morgan fingerprint density at radius 3 is 2.55 bits per heavy atom. The fraction of sp³-hybridized carbons (Fsp3) is 0.0625. The summed E-state index contributed by atoms with van der Waals surface area (Å²) in [6.45, 7) is 0. The molecule has 0 spiro atoms. The number of hydrogen-bond acceptors (Lipinski definition) is 4. The number of carbonyl (C=O) groups is 1. The molecule has 0 unspecified atom stereocenters. The van der Waals surface area contributed by atoms with Crippen LogP contribution < -0.4 is 4.72 Å². The summed E-state index contributed by atoms with van der Waals surface area (Å²) in [5.74, 6) is -0.215. The summed E-state index contributed by atoms with van der Waals surface area (Å²) in [5.41, 5.74) is 0.945. The first-order chi connectivity index (χ1) is 10.4. The van der Waals surface area contributed by atoms with Crippen molar-refractivity contribution in [3.05, 3.63) is 65.7 Å². The minimum absolute atomic E-state index is 0.0339. The highest BCUT2D eigenvalue weighted by molar-refractivity contribution is 7.89. The molecule has 0 aromatic heterocycles. The second-order valence-corrected chi connectivity index (χ2v) is 6.41. The van der Waals surface area contributed by atoms with Crippen LogP contribution in [-0.4, -0.2) is 26.4 Å². The van der Waals surface area contributed by atoms with Crippen molar-refractivity contribution in [2.45, 2.75) is 4.90 Å². The molecule has 0 heterocycles. The number of ketones is 1. The number of hydrogen-bond donors (Lipinski definition) is 2. The van der Waals surface area contributed by atoms with E-state index in [0.717, 1.165) is 0 Å². The first-order valence-corrected chi connectivity index (χ1v) is 7.96. The predicted octanol–water partition coefficient (Wildman–Crippen LogP) is 2.20. The maximum absolute atomic E-state index is 12.1. The van der Waals surface area contributed by atoms with Gasteiger partial charge < -0.3 is 5.11 Å². The van der Waals surface area contributed by atoms with Crippen LogP contribution in [0, 0.1) is 0 Å². The van der Waals surface area contributed by atoms with Crippen molar-refractivity contribution in [1.29, 1.82) is 0 Å². The summed E-state index contributed by atoms with van der Waals surface area (Å²) < 4.78 is 25.7. The van der Waals surface area contributed by atoms with Crippen LogP contribution in [0.4, 0.5) is 0 Å². The van der Waals surface area contributed by atoms with E-state index in [1.54, 1.807) is 24.3 Å². The van der Waals surface area contributed by atoms with E-state index in [0.29, 0.717) is 5.56 Å². The Morgan fingerprint density at radius 2 is 1.86 bits per heavy atom. The highest BCUT2D eigenvalue weighted by atomic mass is 32.2. The zero-order chi connectivity index (χ0) is 16.2. The second-order valence-electron chi connectivity index (χ2n) is 4.53. The molecular weight excluding hydrogens is 302 g/mol. The van der Waals surface area contributed by atoms with Gasteiger partial charge >= 0.3 is 0 Å². The highest BCUT2D eigenvalue weighted by Crippen LogP contribution is 2.14. The normalized spacial score (nSPS) is 11.7. The van der Waals surface area contributed by atoms with Crippen molar-refractivity contribution < 1.29 is 18.3 Å². The van der Waals surface area contributed by atoms with E-state index in [2.05, 4.69) is 4.72 Å². The molecule has 0 aliphatic heterocycles. The van der Waals surface area contributed by atoms with Crippen molar-refractivity contribution in [2.24, 2.45) is 0 Å². The van der Waals surface area contributed by atoms with Crippen LogP contribution in [-0.2, 0) is 10.0 Å². The predicted molar refractivity (Wildman–Crippen MR) is 84.2 cm³/mol. The molecule has 0 fully saturated rings. The molecule has 2 rings (SSSR count). The van der Waals surface area contributed by atoms with E-state index in [-0.39, 0.29) is 22.0 Å². The fourth-order valence-electron chi connectivity index (χ4n) is 1.83. The zero-order valence-electron chi connectivity index (χ0n) is 11.9. The molecule has 2 N–H and O–H groups in total. The van der Waals surface area contributed by atoms with Crippen molar-refractivity contribution in [3.63, 3.8) is 0 Å². The number of phenolic OH excluding ortho intramolecular Hbond substituents is 1. The molecule has 0 aliphatic carbocycles. The molecule has 0 aliphatic rings. The van der Waals surface area contributed by atoms with E-state index < -0.39 is 10.0 Å². The Labute approximate surface area is 129 Å². The molecule has 0 radical (unpaired) electrons. The van der Waals surface area contributed by atoms with Gasteiger partial charge in [-0.05, 0) is 43.0 Å². The van der Waals surface area contributed by atoms with Crippen LogP contribution in [0.1, 0.15) is 15.9 Å². The average molecular weight is 317 g/mol. The molecule has 0 saturated carbocycles. The lowest BCUT2D eigenvalue weighted by Crippen LogP contribution is -2.18. The third-order valence-corrected chi connectivity index (χ3v) is 4.41. The zero-order valence-corrected chi connectivity index (χ0v) is 12.7. The Balaban J connectivity index is 2.25. The maximum Gasteiger partial charge on any atom is 0.240 e. The number of aromatic hydroxyl groups is 1. The van der Waals surface area contributed by atoms with E-state index in [1.165, 1.54) is 43.5 Å². The average Bonchev–Trinajstić information content (AvgIpc) is 2.53. The fourth-order valence-corrected chi connectivity index (χ4v) is 2.61. The third kappa shape index (κ3) is 3.81. The van der Waals surface area contributed by atoms with E-state index in [1.807, 2.05) is 0 Å². The maximum atomic E-state index is 12.1. The quantitative estimate of drug-likeness (QED) is 0.654. The van der Waals surface area contributed by atoms with Gasteiger partial charge in [0.15, 0.2) is 5.78 Å². The van der Waals surface area contributed by atoms with Crippen LogP contribution in [0.2, 0.25) is 0 Å². The standard InChI is InChI=1S/C16H15NO4S/c1-17-22(20,21)15-7-3-5-13(11-15)16(19)9-8-12-4-2-6-14(18)10-12/h2-11,17-18H,1H3. The van der Waals surface area contributed by atoms with Gasteiger partial charge in [-0.2, -0.15) is 0 Å². The molecule has 0 saturated heterocycles. The summed E-state index contributed by atoms with van der Waals surface area (Å²) in [7, 11) is -2.28. The highest BCUT2D eigenvalue weighted by Gasteiger charge is 2.13. The first-order valence-electron chi connectivity index (χ1n) is 6.47. The largest absolute Gasteiger partial charge is 0.508 e. The molecule has 114 valence electrons. The first kappa shape index (κ1) is 15.9. The molecule has 5 nitrogen and oxygen atoms in total. The Kier molecular flexibility index (Phi) is 4.75. The summed E-state index contributed by atoms with van der Waals surface area (Å²) in [5, 5.41) is 9.36. The molecule has 0 amide bonds. The van der Waals surface area contributed by atoms with Crippen LogP contribution in [0.15, 0.2) is 59.5 Å². The summed E-state index contributed by atoms with van der Waals surface area (Å²) in [6.07, 6.45) is 2.89. The molecule has 0 atom stereocenters. The van der Waals surface area contributed by atoms with Gasteiger partial charge in [0.2, 0.25) is 10.0 Å². The number of allylic oxidation sites excluding steroid dienone is 1. The minimum Gasteiger partial charge on any atom is -0.508 e. The van der Waals surface area contributed by atoms with Crippen molar-refractivity contribution in [2.75, 3.05) is 7.05 Å². The van der Waals surface area contributed by atoms with Gasteiger partial charge in [-0.25, -0.2) is 13.1 Å². The van der Waals surface area contributed by atoms with Gasteiger partial charge in [0, 0.05) is 5.56 Å². The molecular formula is C16H15NO4S. The van der Waals surface area contributed by atoms with Gasteiger partial charge in [-0.3, -0.25) is 4.79 Å². The van der Waals surface area contributed by atoms with E-state index in [9.17, 15) is 18.3 Å². The van der Waals surface area contributed by atoms with Gasteiger partial charge in [0.05, 0.1) is 4.90 Å². The molecule has 2 aromatic carbocycles. The van der Waals surface area contributed by atoms with Crippen molar-refractivity contribution in [1.82, 2.24) is 4.72 Å². The number of rotatable bonds is 5. The lowest BCUT2D eigenvalue weighted by Gasteiger charge is -2.03. The Morgan fingerprint density at radius 1 is 1.14 bits per heavy atom. The summed E-state index contributed by atoms with van der Waals surface area (Å²) in [6, 6.07) is 12.3. The van der Waals surface area contributed by atoms with Gasteiger partial charge in [-0.1, -0.05) is 30.3 Å². The molecule has 22 heavy (non-hydrogen) atoms. The van der Waals surface area contributed by atoms with Gasteiger partial charge in [0.25, 0.3) is 0 Å².